The fourth-order valence-corrected chi connectivity index (χ4v) is 3.28. The highest BCUT2D eigenvalue weighted by atomic mass is 35.5. The number of hydrogen-bond donors (Lipinski definition) is 1. The molecular formula is C16H19Cl2N5O. The molecule has 1 aliphatic rings. The zero-order valence-electron chi connectivity index (χ0n) is 13.3. The Labute approximate surface area is 150 Å². The number of carbonyl (C=O) groups excluding carboxylic acids is 1. The molecule has 24 heavy (non-hydrogen) atoms. The van der Waals surface area contributed by atoms with E-state index >= 15 is 0 Å². The minimum atomic E-state index is -0.153. The molecule has 0 radical (unpaired) electrons. The number of aromatic nitrogens is 3. The van der Waals surface area contributed by atoms with Crippen molar-refractivity contribution < 1.29 is 4.79 Å². The Bertz CT molecular complexity index is 706. The van der Waals surface area contributed by atoms with Crippen molar-refractivity contribution in [1.82, 2.24) is 25.0 Å². The van der Waals surface area contributed by atoms with Crippen LogP contribution >= 0.6 is 23.2 Å². The Morgan fingerprint density at radius 1 is 1.42 bits per heavy atom. The van der Waals surface area contributed by atoms with Gasteiger partial charge in [-0.3, -0.25) is 4.68 Å². The maximum atomic E-state index is 12.6. The third-order valence-electron chi connectivity index (χ3n) is 4.29. The Kier molecular flexibility index (Phi) is 5.26. The van der Waals surface area contributed by atoms with Crippen molar-refractivity contribution in [3.63, 3.8) is 0 Å². The number of benzene rings is 1. The molecule has 0 saturated carbocycles. The van der Waals surface area contributed by atoms with Gasteiger partial charge in [0.1, 0.15) is 12.7 Å². The van der Waals surface area contributed by atoms with Gasteiger partial charge in [-0.1, -0.05) is 29.3 Å². The van der Waals surface area contributed by atoms with E-state index in [9.17, 15) is 4.79 Å². The van der Waals surface area contributed by atoms with E-state index in [1.54, 1.807) is 23.1 Å². The number of carbonyl (C=O) groups is 1. The molecule has 1 fully saturated rings. The quantitative estimate of drug-likeness (QED) is 0.898. The molecule has 1 aromatic heterocycles. The van der Waals surface area contributed by atoms with Crippen LogP contribution in [0.25, 0.3) is 0 Å². The van der Waals surface area contributed by atoms with E-state index in [-0.39, 0.29) is 18.1 Å². The molecular weight excluding hydrogens is 349 g/mol. The van der Waals surface area contributed by atoms with E-state index < -0.39 is 0 Å². The van der Waals surface area contributed by atoms with Crippen LogP contribution in [0.15, 0.2) is 30.9 Å². The molecule has 0 aliphatic carbocycles. The molecule has 1 aromatic carbocycles. The SMILES string of the molecule is CC(NC(=O)N1CCCC1Cn1cncn1)c1ccc(Cl)c(Cl)c1. The van der Waals surface area contributed by atoms with Gasteiger partial charge in [0.15, 0.2) is 0 Å². The first kappa shape index (κ1) is 17.0. The van der Waals surface area contributed by atoms with Crippen LogP contribution in [0.5, 0.6) is 0 Å². The predicted molar refractivity (Wildman–Crippen MR) is 93.2 cm³/mol. The highest BCUT2D eigenvalue weighted by Gasteiger charge is 2.30. The first-order valence-electron chi connectivity index (χ1n) is 7.89. The van der Waals surface area contributed by atoms with Gasteiger partial charge in [0.2, 0.25) is 0 Å². The highest BCUT2D eigenvalue weighted by molar-refractivity contribution is 6.42. The summed E-state index contributed by atoms with van der Waals surface area (Å²) < 4.78 is 1.76. The lowest BCUT2D eigenvalue weighted by molar-refractivity contribution is 0.183. The molecule has 128 valence electrons. The largest absolute Gasteiger partial charge is 0.331 e. The normalized spacial score (nSPS) is 18.6. The minimum Gasteiger partial charge on any atom is -0.331 e. The van der Waals surface area contributed by atoms with Gasteiger partial charge in [0.05, 0.1) is 28.7 Å². The van der Waals surface area contributed by atoms with E-state index in [2.05, 4.69) is 15.4 Å². The Hall–Kier alpha value is -1.79. The van der Waals surface area contributed by atoms with Gasteiger partial charge >= 0.3 is 6.03 Å². The topological polar surface area (TPSA) is 63.1 Å². The molecule has 3 rings (SSSR count). The first-order chi connectivity index (χ1) is 11.5. The summed E-state index contributed by atoms with van der Waals surface area (Å²) >= 11 is 12.0. The summed E-state index contributed by atoms with van der Waals surface area (Å²) in [6, 6.07) is 5.30. The summed E-state index contributed by atoms with van der Waals surface area (Å²) in [5, 5.41) is 8.15. The van der Waals surface area contributed by atoms with Crippen LogP contribution < -0.4 is 5.32 Å². The van der Waals surface area contributed by atoms with Crippen LogP contribution in [0.4, 0.5) is 4.79 Å². The number of hydrogen-bond acceptors (Lipinski definition) is 3. The smallest absolute Gasteiger partial charge is 0.318 e. The fraction of sp³-hybridized carbons (Fsp3) is 0.438. The van der Waals surface area contributed by atoms with Crippen molar-refractivity contribution in [2.45, 2.75) is 38.4 Å². The third kappa shape index (κ3) is 3.82. The van der Waals surface area contributed by atoms with Gasteiger partial charge in [-0.05, 0) is 37.5 Å². The molecule has 2 unspecified atom stereocenters. The summed E-state index contributed by atoms with van der Waals surface area (Å²) in [6.07, 6.45) is 5.14. The second-order valence-corrected chi connectivity index (χ2v) is 6.77. The van der Waals surface area contributed by atoms with Gasteiger partial charge in [-0.15, -0.1) is 0 Å². The summed E-state index contributed by atoms with van der Waals surface area (Å²) in [7, 11) is 0. The fourth-order valence-electron chi connectivity index (χ4n) is 2.97. The van der Waals surface area contributed by atoms with Crippen LogP contribution in [-0.4, -0.2) is 38.3 Å². The summed E-state index contributed by atoms with van der Waals surface area (Å²) in [6.45, 7) is 3.34. The Morgan fingerprint density at radius 2 is 2.25 bits per heavy atom. The molecule has 0 spiro atoms. The van der Waals surface area contributed by atoms with Gasteiger partial charge in [-0.2, -0.15) is 5.10 Å². The van der Waals surface area contributed by atoms with Crippen LogP contribution in [-0.2, 0) is 6.54 Å². The second kappa shape index (κ2) is 7.40. The van der Waals surface area contributed by atoms with Crippen LogP contribution in [0.1, 0.15) is 31.4 Å². The van der Waals surface area contributed by atoms with Crippen molar-refractivity contribution in [3.8, 4) is 0 Å². The predicted octanol–water partition coefficient (Wildman–Crippen LogP) is 3.52. The van der Waals surface area contributed by atoms with Gasteiger partial charge < -0.3 is 10.2 Å². The van der Waals surface area contributed by atoms with Crippen molar-refractivity contribution in [3.05, 3.63) is 46.5 Å². The zero-order valence-corrected chi connectivity index (χ0v) is 14.8. The van der Waals surface area contributed by atoms with Gasteiger partial charge in [0.25, 0.3) is 0 Å². The minimum absolute atomic E-state index is 0.0730. The number of nitrogens with zero attached hydrogens (tertiary/aromatic N) is 4. The van der Waals surface area contributed by atoms with E-state index in [0.29, 0.717) is 16.6 Å². The summed E-state index contributed by atoms with van der Waals surface area (Å²) in [5.41, 5.74) is 0.921. The van der Waals surface area contributed by atoms with Crippen molar-refractivity contribution in [2.75, 3.05) is 6.54 Å². The molecule has 1 saturated heterocycles. The molecule has 2 aromatic rings. The zero-order chi connectivity index (χ0) is 17.1. The molecule has 8 heteroatoms. The van der Waals surface area contributed by atoms with Crippen molar-refractivity contribution >= 4 is 29.2 Å². The molecule has 2 atom stereocenters. The van der Waals surface area contributed by atoms with Crippen molar-refractivity contribution in [1.29, 1.82) is 0 Å². The number of halogens is 2. The van der Waals surface area contributed by atoms with E-state index in [0.717, 1.165) is 24.9 Å². The first-order valence-corrected chi connectivity index (χ1v) is 8.64. The molecule has 0 bridgehead atoms. The third-order valence-corrected chi connectivity index (χ3v) is 5.03. The lowest BCUT2D eigenvalue weighted by atomic mass is 10.1. The number of amides is 2. The van der Waals surface area contributed by atoms with Crippen LogP contribution in [0, 0.1) is 0 Å². The maximum absolute atomic E-state index is 12.6. The standard InChI is InChI=1S/C16H19Cl2N5O/c1-11(12-4-5-14(17)15(18)7-12)21-16(24)23-6-2-3-13(23)8-22-10-19-9-20-22/h4-5,7,9-11,13H,2-3,6,8H2,1H3,(H,21,24). The highest BCUT2D eigenvalue weighted by Crippen LogP contribution is 2.26. The number of rotatable bonds is 4. The average molecular weight is 368 g/mol. The lowest BCUT2D eigenvalue weighted by Gasteiger charge is -2.27. The summed E-state index contributed by atoms with van der Waals surface area (Å²) in [4.78, 5) is 18.4. The van der Waals surface area contributed by atoms with E-state index in [1.807, 2.05) is 17.9 Å². The number of likely N-dealkylation sites (tertiary alicyclic amines) is 1. The molecule has 1 N–H and O–H groups in total. The molecule has 1 aliphatic heterocycles. The summed E-state index contributed by atoms with van der Waals surface area (Å²) in [5.74, 6) is 0. The second-order valence-electron chi connectivity index (χ2n) is 5.95. The van der Waals surface area contributed by atoms with Gasteiger partial charge in [0, 0.05) is 6.54 Å². The average Bonchev–Trinajstić information content (AvgIpc) is 3.22. The monoisotopic (exact) mass is 367 g/mol. The molecule has 2 heterocycles. The molecule has 6 nitrogen and oxygen atoms in total. The van der Waals surface area contributed by atoms with Crippen molar-refractivity contribution in [2.24, 2.45) is 0 Å². The molecule has 2 amide bonds. The van der Waals surface area contributed by atoms with Crippen LogP contribution in [0.3, 0.4) is 0 Å². The van der Waals surface area contributed by atoms with Gasteiger partial charge in [-0.25, -0.2) is 9.78 Å². The number of nitrogens with one attached hydrogen (secondary N) is 1. The Balaban J connectivity index is 1.63. The van der Waals surface area contributed by atoms with E-state index in [4.69, 9.17) is 23.2 Å². The van der Waals surface area contributed by atoms with Crippen LogP contribution in [0.2, 0.25) is 10.0 Å². The maximum Gasteiger partial charge on any atom is 0.318 e. The lowest BCUT2D eigenvalue weighted by Crippen LogP contribution is -2.45. The Morgan fingerprint density at radius 3 is 2.96 bits per heavy atom. The number of urea groups is 1. The van der Waals surface area contributed by atoms with E-state index in [1.165, 1.54) is 6.33 Å².